The number of rotatable bonds is 1. The van der Waals surface area contributed by atoms with Crippen LogP contribution in [0.15, 0.2) is 36.5 Å². The minimum atomic E-state index is -0.299. The Morgan fingerprint density at radius 2 is 1.94 bits per heavy atom. The molecule has 1 N–H and O–H groups in total. The number of nitrogens with zero attached hydrogens (tertiary/aromatic N) is 1. The largest absolute Gasteiger partial charge is 0.388 e. The summed E-state index contributed by atoms with van der Waals surface area (Å²) in [5.41, 5.74) is 3.40. The van der Waals surface area contributed by atoms with Crippen LogP contribution in [0.25, 0.3) is 5.69 Å². The van der Waals surface area contributed by atoms with Crippen molar-refractivity contribution in [3.63, 3.8) is 0 Å². The molecule has 0 aliphatic heterocycles. The fourth-order valence-corrected chi connectivity index (χ4v) is 2.64. The Bertz CT molecular complexity index is 530. The van der Waals surface area contributed by atoms with Crippen molar-refractivity contribution in [2.45, 2.75) is 25.4 Å². The number of hydrogen-bond donors (Lipinski definition) is 1. The van der Waals surface area contributed by atoms with Crippen LogP contribution in [0.5, 0.6) is 0 Å². The molecule has 1 heterocycles. The molecular weight excluding hydrogens is 234 g/mol. The number of aliphatic hydroxyl groups excluding tert-OH is 1. The maximum absolute atomic E-state index is 9.93. The van der Waals surface area contributed by atoms with Crippen molar-refractivity contribution in [2.24, 2.45) is 0 Å². The zero-order valence-electron chi connectivity index (χ0n) is 9.44. The van der Waals surface area contributed by atoms with Gasteiger partial charge in [-0.05, 0) is 49.6 Å². The Balaban J connectivity index is 2.07. The number of halogens is 1. The summed E-state index contributed by atoms with van der Waals surface area (Å²) in [6.45, 7) is 0. The summed E-state index contributed by atoms with van der Waals surface area (Å²) in [4.78, 5) is 0. The number of aromatic nitrogens is 1. The molecular formula is C14H14ClNO. The normalized spacial score (nSPS) is 19.1. The molecule has 0 radical (unpaired) electrons. The van der Waals surface area contributed by atoms with Gasteiger partial charge in [0, 0.05) is 28.2 Å². The van der Waals surface area contributed by atoms with Gasteiger partial charge in [0.1, 0.15) is 0 Å². The molecule has 0 bridgehead atoms. The highest BCUT2D eigenvalue weighted by molar-refractivity contribution is 6.30. The third-order valence-corrected chi connectivity index (χ3v) is 3.63. The molecule has 0 fully saturated rings. The first-order valence-electron chi connectivity index (χ1n) is 5.90. The van der Waals surface area contributed by atoms with E-state index in [4.69, 9.17) is 11.6 Å². The third-order valence-electron chi connectivity index (χ3n) is 3.38. The van der Waals surface area contributed by atoms with Crippen molar-refractivity contribution in [1.29, 1.82) is 0 Å². The second-order valence-electron chi connectivity index (χ2n) is 4.47. The van der Waals surface area contributed by atoms with E-state index in [2.05, 4.69) is 4.57 Å². The van der Waals surface area contributed by atoms with Gasteiger partial charge in [0.2, 0.25) is 0 Å². The van der Waals surface area contributed by atoms with Gasteiger partial charge in [-0.2, -0.15) is 0 Å². The van der Waals surface area contributed by atoms with Gasteiger partial charge in [0.25, 0.3) is 0 Å². The molecule has 2 nitrogen and oxygen atoms in total. The predicted molar refractivity (Wildman–Crippen MR) is 68.7 cm³/mol. The van der Waals surface area contributed by atoms with Gasteiger partial charge in [0.15, 0.2) is 0 Å². The zero-order chi connectivity index (χ0) is 11.8. The fraction of sp³-hybridized carbons (Fsp3) is 0.286. The lowest BCUT2D eigenvalue weighted by atomic mass is 9.95. The summed E-state index contributed by atoms with van der Waals surface area (Å²) in [6.07, 6.45) is 4.68. The van der Waals surface area contributed by atoms with E-state index in [0.717, 1.165) is 35.5 Å². The van der Waals surface area contributed by atoms with E-state index in [0.29, 0.717) is 0 Å². The quantitative estimate of drug-likeness (QED) is 0.820. The van der Waals surface area contributed by atoms with E-state index < -0.39 is 0 Å². The number of hydrogen-bond acceptors (Lipinski definition) is 1. The molecule has 3 rings (SSSR count). The Labute approximate surface area is 105 Å². The SMILES string of the molecule is OC1CCCc2c1ccn2-c1ccc(Cl)cc1. The second kappa shape index (κ2) is 4.21. The predicted octanol–water partition coefficient (Wildman–Crippen LogP) is 3.50. The first-order chi connectivity index (χ1) is 8.25. The standard InChI is InChI=1S/C14H14ClNO/c15-10-4-6-11(7-5-10)16-9-8-12-13(16)2-1-3-14(12)17/h4-9,14,17H,1-3H2. The van der Waals surface area contributed by atoms with Gasteiger partial charge in [-0.1, -0.05) is 11.6 Å². The molecule has 88 valence electrons. The average Bonchev–Trinajstić information content (AvgIpc) is 2.75. The lowest BCUT2D eigenvalue weighted by molar-refractivity contribution is 0.156. The molecule has 1 unspecified atom stereocenters. The van der Waals surface area contributed by atoms with Gasteiger partial charge < -0.3 is 9.67 Å². The molecule has 1 aromatic heterocycles. The zero-order valence-corrected chi connectivity index (χ0v) is 10.2. The van der Waals surface area contributed by atoms with E-state index in [1.54, 1.807) is 0 Å². The van der Waals surface area contributed by atoms with Crippen molar-refractivity contribution >= 4 is 11.6 Å². The van der Waals surface area contributed by atoms with Crippen LogP contribution in [0.1, 0.15) is 30.2 Å². The van der Waals surface area contributed by atoms with Gasteiger partial charge in [0.05, 0.1) is 6.10 Å². The average molecular weight is 248 g/mol. The van der Waals surface area contributed by atoms with Gasteiger partial charge in [-0.3, -0.25) is 0 Å². The van der Waals surface area contributed by atoms with Gasteiger partial charge in [-0.25, -0.2) is 0 Å². The summed E-state index contributed by atoms with van der Waals surface area (Å²) in [6, 6.07) is 9.81. The monoisotopic (exact) mass is 247 g/mol. The first-order valence-corrected chi connectivity index (χ1v) is 6.27. The van der Waals surface area contributed by atoms with Crippen LogP contribution in [0.4, 0.5) is 0 Å². The molecule has 1 aliphatic rings. The van der Waals surface area contributed by atoms with Crippen molar-refractivity contribution in [1.82, 2.24) is 4.57 Å². The van der Waals surface area contributed by atoms with Gasteiger partial charge in [-0.15, -0.1) is 0 Å². The molecule has 3 heteroatoms. The summed E-state index contributed by atoms with van der Waals surface area (Å²) in [7, 11) is 0. The highest BCUT2D eigenvalue weighted by Crippen LogP contribution is 2.32. The molecule has 1 aromatic carbocycles. The Morgan fingerprint density at radius 1 is 1.18 bits per heavy atom. The Hall–Kier alpha value is -1.25. The molecule has 17 heavy (non-hydrogen) atoms. The van der Waals surface area contributed by atoms with Crippen LogP contribution in [-0.2, 0) is 6.42 Å². The van der Waals surface area contributed by atoms with E-state index in [1.807, 2.05) is 36.5 Å². The fourth-order valence-electron chi connectivity index (χ4n) is 2.51. The van der Waals surface area contributed by atoms with Crippen LogP contribution in [0.2, 0.25) is 5.02 Å². The van der Waals surface area contributed by atoms with Crippen LogP contribution < -0.4 is 0 Å². The Morgan fingerprint density at radius 3 is 2.71 bits per heavy atom. The molecule has 0 spiro atoms. The maximum Gasteiger partial charge on any atom is 0.0807 e. The summed E-state index contributed by atoms with van der Waals surface area (Å²) >= 11 is 5.89. The van der Waals surface area contributed by atoms with Crippen molar-refractivity contribution in [3.8, 4) is 5.69 Å². The van der Waals surface area contributed by atoms with Crippen molar-refractivity contribution in [3.05, 3.63) is 52.8 Å². The van der Waals surface area contributed by atoms with E-state index in [1.165, 1.54) is 5.69 Å². The van der Waals surface area contributed by atoms with Crippen LogP contribution >= 0.6 is 11.6 Å². The van der Waals surface area contributed by atoms with Gasteiger partial charge >= 0.3 is 0 Å². The highest BCUT2D eigenvalue weighted by Gasteiger charge is 2.21. The third kappa shape index (κ3) is 1.88. The second-order valence-corrected chi connectivity index (χ2v) is 4.91. The van der Waals surface area contributed by atoms with E-state index in [9.17, 15) is 5.11 Å². The lowest BCUT2D eigenvalue weighted by Crippen LogP contribution is -2.10. The molecule has 1 aliphatic carbocycles. The van der Waals surface area contributed by atoms with Crippen LogP contribution in [-0.4, -0.2) is 9.67 Å². The molecule has 0 saturated carbocycles. The maximum atomic E-state index is 9.93. The smallest absolute Gasteiger partial charge is 0.0807 e. The summed E-state index contributed by atoms with van der Waals surface area (Å²) in [5, 5.41) is 10.7. The Kier molecular flexibility index (Phi) is 2.69. The lowest BCUT2D eigenvalue weighted by Gasteiger charge is -2.20. The van der Waals surface area contributed by atoms with Crippen LogP contribution in [0.3, 0.4) is 0 Å². The number of fused-ring (bicyclic) bond motifs is 1. The minimum Gasteiger partial charge on any atom is -0.388 e. The molecule has 0 amide bonds. The summed E-state index contributed by atoms with van der Waals surface area (Å²) in [5.74, 6) is 0. The molecule has 2 aromatic rings. The first kappa shape index (κ1) is 10.9. The van der Waals surface area contributed by atoms with Crippen LogP contribution in [0, 0.1) is 0 Å². The topological polar surface area (TPSA) is 25.2 Å². The number of aliphatic hydroxyl groups is 1. The minimum absolute atomic E-state index is 0.299. The number of benzene rings is 1. The van der Waals surface area contributed by atoms with Crippen molar-refractivity contribution < 1.29 is 5.11 Å². The van der Waals surface area contributed by atoms with E-state index >= 15 is 0 Å². The summed E-state index contributed by atoms with van der Waals surface area (Å²) < 4.78 is 2.15. The van der Waals surface area contributed by atoms with E-state index in [-0.39, 0.29) is 6.10 Å². The van der Waals surface area contributed by atoms with Crippen molar-refractivity contribution in [2.75, 3.05) is 0 Å². The molecule has 0 saturated heterocycles. The molecule has 1 atom stereocenters. The highest BCUT2D eigenvalue weighted by atomic mass is 35.5.